The summed E-state index contributed by atoms with van der Waals surface area (Å²) >= 11 is 0. The molecular formula is C19H33N3O4. The summed E-state index contributed by atoms with van der Waals surface area (Å²) in [6.45, 7) is 10.0. The minimum absolute atomic E-state index is 0.0138. The van der Waals surface area contributed by atoms with E-state index >= 15 is 0 Å². The van der Waals surface area contributed by atoms with Crippen LogP contribution in [-0.4, -0.2) is 72.5 Å². The van der Waals surface area contributed by atoms with Crippen LogP contribution in [0.15, 0.2) is 0 Å². The maximum atomic E-state index is 12.8. The summed E-state index contributed by atoms with van der Waals surface area (Å²) in [6.07, 6.45) is 1.63. The van der Waals surface area contributed by atoms with Crippen molar-refractivity contribution in [2.24, 2.45) is 11.8 Å². The summed E-state index contributed by atoms with van der Waals surface area (Å²) in [5, 5.41) is 2.96. The lowest BCUT2D eigenvalue weighted by atomic mass is 9.94. The number of rotatable bonds is 5. The molecule has 148 valence electrons. The van der Waals surface area contributed by atoms with Crippen molar-refractivity contribution in [1.82, 2.24) is 15.1 Å². The lowest BCUT2D eigenvalue weighted by Gasteiger charge is -2.34. The van der Waals surface area contributed by atoms with Gasteiger partial charge in [-0.3, -0.25) is 14.4 Å². The first-order valence-corrected chi connectivity index (χ1v) is 9.52. The Bertz CT molecular complexity index is 535. The second-order valence-corrected chi connectivity index (χ2v) is 8.54. The summed E-state index contributed by atoms with van der Waals surface area (Å²) in [7, 11) is 1.61. The van der Waals surface area contributed by atoms with Crippen molar-refractivity contribution in [3.63, 3.8) is 0 Å². The lowest BCUT2D eigenvalue weighted by molar-refractivity contribution is -0.139. The quantitative estimate of drug-likeness (QED) is 0.787. The number of hydrogen-bond donors (Lipinski definition) is 1. The number of amides is 3. The second-order valence-electron chi connectivity index (χ2n) is 8.54. The fraction of sp³-hybridized carbons (Fsp3) is 0.842. The molecule has 1 N–H and O–H groups in total. The van der Waals surface area contributed by atoms with Gasteiger partial charge in [0.1, 0.15) is 0 Å². The van der Waals surface area contributed by atoms with Crippen molar-refractivity contribution in [3.05, 3.63) is 0 Å². The largest absolute Gasteiger partial charge is 0.383 e. The molecule has 0 spiro atoms. The van der Waals surface area contributed by atoms with Gasteiger partial charge in [0, 0.05) is 50.7 Å². The van der Waals surface area contributed by atoms with E-state index in [0.29, 0.717) is 45.5 Å². The molecule has 0 aromatic heterocycles. The van der Waals surface area contributed by atoms with Gasteiger partial charge >= 0.3 is 0 Å². The highest BCUT2D eigenvalue weighted by molar-refractivity contribution is 5.90. The number of likely N-dealkylation sites (tertiary alicyclic amines) is 2. The van der Waals surface area contributed by atoms with E-state index in [0.717, 1.165) is 0 Å². The monoisotopic (exact) mass is 367 g/mol. The summed E-state index contributed by atoms with van der Waals surface area (Å²) in [5.41, 5.74) is -0.254. The number of methoxy groups -OCH3 is 1. The molecule has 2 saturated heterocycles. The minimum Gasteiger partial charge on any atom is -0.383 e. The van der Waals surface area contributed by atoms with Crippen LogP contribution in [0.5, 0.6) is 0 Å². The molecule has 0 aromatic carbocycles. The van der Waals surface area contributed by atoms with Crippen LogP contribution in [0.25, 0.3) is 0 Å². The van der Waals surface area contributed by atoms with E-state index in [4.69, 9.17) is 4.74 Å². The van der Waals surface area contributed by atoms with Gasteiger partial charge in [-0.25, -0.2) is 0 Å². The van der Waals surface area contributed by atoms with Crippen LogP contribution >= 0.6 is 0 Å². The van der Waals surface area contributed by atoms with E-state index in [9.17, 15) is 14.4 Å². The lowest BCUT2D eigenvalue weighted by Crippen LogP contribution is -2.47. The summed E-state index contributed by atoms with van der Waals surface area (Å²) in [4.78, 5) is 40.9. The van der Waals surface area contributed by atoms with Crippen LogP contribution in [0.4, 0.5) is 0 Å². The van der Waals surface area contributed by atoms with Gasteiger partial charge in [0.05, 0.1) is 12.5 Å². The highest BCUT2D eigenvalue weighted by Crippen LogP contribution is 2.28. The topological polar surface area (TPSA) is 79.0 Å². The molecule has 2 aliphatic heterocycles. The molecule has 2 aliphatic rings. The molecule has 2 heterocycles. The smallest absolute Gasteiger partial charge is 0.227 e. The second kappa shape index (κ2) is 8.37. The van der Waals surface area contributed by atoms with Crippen LogP contribution < -0.4 is 5.32 Å². The maximum Gasteiger partial charge on any atom is 0.227 e. The maximum absolute atomic E-state index is 12.8. The first-order valence-electron chi connectivity index (χ1n) is 9.52. The molecule has 26 heavy (non-hydrogen) atoms. The summed E-state index contributed by atoms with van der Waals surface area (Å²) in [6, 6.07) is -0.0138. The van der Waals surface area contributed by atoms with Gasteiger partial charge in [-0.15, -0.1) is 0 Å². The molecule has 2 atom stereocenters. The van der Waals surface area contributed by atoms with Crippen molar-refractivity contribution in [2.45, 2.75) is 58.5 Å². The van der Waals surface area contributed by atoms with Gasteiger partial charge in [-0.1, -0.05) is 0 Å². The highest BCUT2D eigenvalue weighted by Gasteiger charge is 2.41. The van der Waals surface area contributed by atoms with Gasteiger partial charge in [0.2, 0.25) is 17.7 Å². The van der Waals surface area contributed by atoms with Gasteiger partial charge in [0.25, 0.3) is 0 Å². The molecule has 0 radical (unpaired) electrons. The number of carbonyl (C=O) groups excluding carboxylic acids is 3. The Morgan fingerprint density at radius 3 is 2.35 bits per heavy atom. The Labute approximate surface area is 156 Å². The van der Waals surface area contributed by atoms with E-state index < -0.39 is 0 Å². The number of carbonyl (C=O) groups is 3. The average molecular weight is 367 g/mol. The number of nitrogens with zero attached hydrogens (tertiary/aromatic N) is 2. The van der Waals surface area contributed by atoms with Crippen molar-refractivity contribution in [1.29, 1.82) is 0 Å². The molecule has 2 rings (SSSR count). The summed E-state index contributed by atoms with van der Waals surface area (Å²) < 4.78 is 5.04. The van der Waals surface area contributed by atoms with Crippen molar-refractivity contribution >= 4 is 17.7 Å². The molecule has 7 nitrogen and oxygen atoms in total. The molecule has 3 amide bonds. The zero-order chi connectivity index (χ0) is 19.5. The first kappa shape index (κ1) is 20.7. The minimum atomic E-state index is -0.256. The Balaban J connectivity index is 1.83. The van der Waals surface area contributed by atoms with Gasteiger partial charge in [-0.05, 0) is 40.5 Å². The van der Waals surface area contributed by atoms with Crippen LogP contribution in [0.3, 0.4) is 0 Å². The van der Waals surface area contributed by atoms with Crippen LogP contribution in [-0.2, 0) is 19.1 Å². The number of hydrogen-bond acceptors (Lipinski definition) is 4. The van der Waals surface area contributed by atoms with Crippen LogP contribution in [0, 0.1) is 11.8 Å². The number of piperidine rings is 1. The fourth-order valence-corrected chi connectivity index (χ4v) is 3.79. The Morgan fingerprint density at radius 2 is 1.85 bits per heavy atom. The standard InChI is InChI=1S/C19H33N3O4/c1-13(12-26-5)20-17(24)14-6-8-21(9-7-14)18(25)15-10-16(23)22(11-15)19(2,3)4/h13-15H,6-12H2,1-5H3,(H,20,24). The molecule has 0 aromatic rings. The zero-order valence-corrected chi connectivity index (χ0v) is 16.7. The Kier molecular flexibility index (Phi) is 6.66. The molecule has 0 aliphatic carbocycles. The van der Waals surface area contributed by atoms with E-state index in [2.05, 4.69) is 5.32 Å². The molecule has 2 fully saturated rings. The van der Waals surface area contributed by atoms with E-state index in [1.165, 1.54) is 0 Å². The SMILES string of the molecule is COCC(C)NC(=O)C1CCN(C(=O)C2CC(=O)N(C(C)(C)C)C2)CC1. The van der Waals surface area contributed by atoms with Crippen molar-refractivity contribution < 1.29 is 19.1 Å². The van der Waals surface area contributed by atoms with Gasteiger partial charge in [-0.2, -0.15) is 0 Å². The first-order chi connectivity index (χ1) is 12.1. The van der Waals surface area contributed by atoms with Crippen LogP contribution in [0.1, 0.15) is 47.0 Å². The highest BCUT2D eigenvalue weighted by atomic mass is 16.5. The third-order valence-electron chi connectivity index (χ3n) is 5.27. The molecular weight excluding hydrogens is 334 g/mol. The predicted octanol–water partition coefficient (Wildman–Crippen LogP) is 1.02. The normalized spacial score (nSPS) is 23.3. The Morgan fingerprint density at radius 1 is 1.23 bits per heavy atom. The number of ether oxygens (including phenoxy) is 1. The molecule has 7 heteroatoms. The third-order valence-corrected chi connectivity index (χ3v) is 5.27. The molecule has 0 bridgehead atoms. The molecule has 0 saturated carbocycles. The fourth-order valence-electron chi connectivity index (χ4n) is 3.79. The van der Waals surface area contributed by atoms with E-state index in [1.54, 1.807) is 12.0 Å². The van der Waals surface area contributed by atoms with E-state index in [1.807, 2.05) is 32.6 Å². The Hall–Kier alpha value is -1.63. The van der Waals surface area contributed by atoms with Crippen LogP contribution in [0.2, 0.25) is 0 Å². The zero-order valence-electron chi connectivity index (χ0n) is 16.7. The predicted molar refractivity (Wildman–Crippen MR) is 98.4 cm³/mol. The van der Waals surface area contributed by atoms with Crippen molar-refractivity contribution in [2.75, 3.05) is 33.4 Å². The third kappa shape index (κ3) is 4.96. The van der Waals surface area contributed by atoms with Gasteiger partial charge in [0.15, 0.2) is 0 Å². The van der Waals surface area contributed by atoms with Gasteiger partial charge < -0.3 is 19.9 Å². The number of nitrogens with one attached hydrogen (secondary N) is 1. The van der Waals surface area contributed by atoms with E-state index in [-0.39, 0.29) is 41.1 Å². The average Bonchev–Trinajstić information content (AvgIpc) is 2.96. The molecule has 2 unspecified atom stereocenters. The summed E-state index contributed by atoms with van der Waals surface area (Å²) in [5.74, 6) is -0.172. The van der Waals surface area contributed by atoms with Crippen molar-refractivity contribution in [3.8, 4) is 0 Å².